The van der Waals surface area contributed by atoms with Gasteiger partial charge in [-0.25, -0.2) is 4.39 Å². The molecule has 4 unspecified atom stereocenters. The van der Waals surface area contributed by atoms with Crippen molar-refractivity contribution in [1.82, 2.24) is 9.88 Å². The van der Waals surface area contributed by atoms with E-state index in [4.69, 9.17) is 4.74 Å². The lowest BCUT2D eigenvalue weighted by Gasteiger charge is -2.37. The quantitative estimate of drug-likeness (QED) is 0.848. The van der Waals surface area contributed by atoms with Gasteiger partial charge in [0.25, 0.3) is 0 Å². The lowest BCUT2D eigenvalue weighted by Crippen LogP contribution is -2.49. The summed E-state index contributed by atoms with van der Waals surface area (Å²) in [6.07, 6.45) is 0.256. The van der Waals surface area contributed by atoms with E-state index >= 15 is 0 Å². The molecule has 118 valence electrons. The van der Waals surface area contributed by atoms with Crippen molar-refractivity contribution in [3.05, 3.63) is 29.8 Å². The van der Waals surface area contributed by atoms with Crippen LogP contribution in [0.2, 0.25) is 0 Å². The van der Waals surface area contributed by atoms with E-state index in [-0.39, 0.29) is 24.7 Å². The highest BCUT2D eigenvalue weighted by atomic mass is 19.1. The topological polar surface area (TPSA) is 65.8 Å². The molecule has 6 heteroatoms. The number of nitrogens with zero attached hydrogens (tertiary/aromatic N) is 2. The molecule has 0 amide bonds. The number of pyridine rings is 1. The lowest BCUT2D eigenvalue weighted by atomic mass is 10.00. The number of aliphatic hydroxyl groups excluding tert-OH is 2. The van der Waals surface area contributed by atoms with E-state index in [1.54, 1.807) is 0 Å². The lowest BCUT2D eigenvalue weighted by molar-refractivity contribution is -0.101. The van der Waals surface area contributed by atoms with Crippen molar-refractivity contribution >= 4 is 0 Å². The normalized spacial score (nSPS) is 26.5. The summed E-state index contributed by atoms with van der Waals surface area (Å²) in [5.41, 5.74) is 0.476. The molecule has 2 heterocycles. The van der Waals surface area contributed by atoms with Crippen LogP contribution in [-0.2, 0) is 4.74 Å². The molecule has 0 radical (unpaired) electrons. The average molecular weight is 298 g/mol. The largest absolute Gasteiger partial charge is 0.394 e. The predicted octanol–water partition coefficient (Wildman–Crippen LogP) is 0.972. The predicted molar refractivity (Wildman–Crippen MR) is 76.2 cm³/mol. The summed E-state index contributed by atoms with van der Waals surface area (Å²) in [6.45, 7) is 5.99. The van der Waals surface area contributed by atoms with Gasteiger partial charge in [-0.05, 0) is 19.1 Å². The summed E-state index contributed by atoms with van der Waals surface area (Å²) in [7, 11) is 0. The highest BCUT2D eigenvalue weighted by Crippen LogP contribution is 2.22. The molecule has 5 nitrogen and oxygen atoms in total. The first-order chi connectivity index (χ1) is 9.99. The second kappa shape index (κ2) is 7.26. The summed E-state index contributed by atoms with van der Waals surface area (Å²) in [5, 5.41) is 19.5. The van der Waals surface area contributed by atoms with Gasteiger partial charge in [-0.1, -0.05) is 6.92 Å². The molecular weight excluding hydrogens is 275 g/mol. The van der Waals surface area contributed by atoms with Gasteiger partial charge < -0.3 is 14.9 Å². The summed E-state index contributed by atoms with van der Waals surface area (Å²) < 4.78 is 18.5. The van der Waals surface area contributed by atoms with Gasteiger partial charge in [0.05, 0.1) is 36.8 Å². The maximum atomic E-state index is 12.9. The van der Waals surface area contributed by atoms with Gasteiger partial charge in [0.15, 0.2) is 0 Å². The third-order valence-corrected chi connectivity index (χ3v) is 3.74. The van der Waals surface area contributed by atoms with Crippen molar-refractivity contribution in [2.75, 3.05) is 26.2 Å². The van der Waals surface area contributed by atoms with E-state index in [2.05, 4.69) is 9.88 Å². The van der Waals surface area contributed by atoms with Gasteiger partial charge in [-0.2, -0.15) is 0 Å². The molecule has 0 aliphatic carbocycles. The first kappa shape index (κ1) is 16.3. The summed E-state index contributed by atoms with van der Waals surface area (Å²) in [5.74, 6) is -0.459. The molecule has 1 saturated heterocycles. The number of rotatable bonds is 5. The van der Waals surface area contributed by atoms with E-state index in [0.29, 0.717) is 18.8 Å². The Morgan fingerprint density at radius 2 is 2.24 bits per heavy atom. The molecule has 1 aromatic rings. The SMILES string of the molecule is CC1CN(CC(C)C(O)c2ccc(F)cn2)CC(CO)O1. The van der Waals surface area contributed by atoms with E-state index in [9.17, 15) is 14.6 Å². The Hall–Kier alpha value is -1.08. The van der Waals surface area contributed by atoms with Crippen LogP contribution in [0.4, 0.5) is 4.39 Å². The smallest absolute Gasteiger partial charge is 0.141 e. The van der Waals surface area contributed by atoms with Crippen LogP contribution in [0.3, 0.4) is 0 Å². The van der Waals surface area contributed by atoms with Gasteiger partial charge in [0, 0.05) is 25.6 Å². The Morgan fingerprint density at radius 3 is 2.86 bits per heavy atom. The summed E-state index contributed by atoms with van der Waals surface area (Å²) in [4.78, 5) is 6.10. The van der Waals surface area contributed by atoms with Gasteiger partial charge in [0.1, 0.15) is 5.82 Å². The molecule has 1 fully saturated rings. The molecule has 0 bridgehead atoms. The molecule has 0 aromatic carbocycles. The van der Waals surface area contributed by atoms with Crippen LogP contribution in [-0.4, -0.2) is 58.5 Å². The fourth-order valence-corrected chi connectivity index (χ4v) is 2.75. The first-order valence-electron chi connectivity index (χ1n) is 7.27. The maximum absolute atomic E-state index is 12.9. The molecule has 4 atom stereocenters. The van der Waals surface area contributed by atoms with E-state index in [1.807, 2.05) is 13.8 Å². The van der Waals surface area contributed by atoms with Crippen molar-refractivity contribution in [3.8, 4) is 0 Å². The first-order valence-corrected chi connectivity index (χ1v) is 7.27. The van der Waals surface area contributed by atoms with E-state index < -0.39 is 11.9 Å². The van der Waals surface area contributed by atoms with Gasteiger partial charge in [0.2, 0.25) is 0 Å². The number of hydrogen-bond donors (Lipinski definition) is 2. The van der Waals surface area contributed by atoms with Crippen LogP contribution in [0, 0.1) is 11.7 Å². The molecule has 2 N–H and O–H groups in total. The number of ether oxygens (including phenoxy) is 1. The highest BCUT2D eigenvalue weighted by molar-refractivity contribution is 5.09. The Balaban J connectivity index is 1.93. The van der Waals surface area contributed by atoms with Crippen molar-refractivity contribution in [3.63, 3.8) is 0 Å². The molecule has 1 aliphatic heterocycles. The molecule has 21 heavy (non-hydrogen) atoms. The zero-order chi connectivity index (χ0) is 15.4. The third-order valence-electron chi connectivity index (χ3n) is 3.74. The van der Waals surface area contributed by atoms with Crippen molar-refractivity contribution in [2.45, 2.75) is 32.2 Å². The Kier molecular flexibility index (Phi) is 5.64. The Labute approximate surface area is 124 Å². The van der Waals surface area contributed by atoms with Crippen molar-refractivity contribution in [2.24, 2.45) is 5.92 Å². The molecule has 2 rings (SSSR count). The molecule has 0 saturated carbocycles. The van der Waals surface area contributed by atoms with Crippen LogP contribution < -0.4 is 0 Å². The fraction of sp³-hybridized carbons (Fsp3) is 0.667. The molecule has 1 aromatic heterocycles. The van der Waals surface area contributed by atoms with Crippen molar-refractivity contribution < 1.29 is 19.3 Å². The number of halogens is 1. The minimum Gasteiger partial charge on any atom is -0.394 e. The number of aliphatic hydroxyl groups is 2. The van der Waals surface area contributed by atoms with Gasteiger partial charge >= 0.3 is 0 Å². The maximum Gasteiger partial charge on any atom is 0.141 e. The van der Waals surface area contributed by atoms with Gasteiger partial charge in [-0.3, -0.25) is 9.88 Å². The molecule has 0 spiro atoms. The standard InChI is InChI=1S/C15H23FN2O3/c1-10(15(20)14-4-3-12(16)5-17-14)6-18-7-11(2)21-13(8-18)9-19/h3-5,10-11,13,15,19-20H,6-9H2,1-2H3. The average Bonchev–Trinajstić information content (AvgIpc) is 2.46. The second-order valence-corrected chi connectivity index (χ2v) is 5.79. The second-order valence-electron chi connectivity index (χ2n) is 5.79. The fourth-order valence-electron chi connectivity index (χ4n) is 2.75. The molecule has 1 aliphatic rings. The zero-order valence-corrected chi connectivity index (χ0v) is 12.4. The van der Waals surface area contributed by atoms with Crippen LogP contribution >= 0.6 is 0 Å². The minimum absolute atomic E-state index is 0.00269. The third kappa shape index (κ3) is 4.44. The van der Waals surface area contributed by atoms with Crippen LogP contribution in [0.25, 0.3) is 0 Å². The van der Waals surface area contributed by atoms with Crippen LogP contribution in [0.15, 0.2) is 18.3 Å². The number of aromatic nitrogens is 1. The minimum atomic E-state index is -0.740. The Bertz CT molecular complexity index is 443. The summed E-state index contributed by atoms with van der Waals surface area (Å²) >= 11 is 0. The van der Waals surface area contributed by atoms with Crippen LogP contribution in [0.5, 0.6) is 0 Å². The van der Waals surface area contributed by atoms with Crippen molar-refractivity contribution in [1.29, 1.82) is 0 Å². The van der Waals surface area contributed by atoms with E-state index in [1.165, 1.54) is 12.1 Å². The van der Waals surface area contributed by atoms with E-state index in [0.717, 1.165) is 12.7 Å². The zero-order valence-electron chi connectivity index (χ0n) is 12.4. The number of morpholine rings is 1. The highest BCUT2D eigenvalue weighted by Gasteiger charge is 2.28. The summed E-state index contributed by atoms with van der Waals surface area (Å²) in [6, 6.07) is 2.81. The monoisotopic (exact) mass is 298 g/mol. The van der Waals surface area contributed by atoms with Crippen LogP contribution in [0.1, 0.15) is 25.6 Å². The Morgan fingerprint density at radius 1 is 1.48 bits per heavy atom. The number of hydrogen-bond acceptors (Lipinski definition) is 5. The molecular formula is C15H23FN2O3. The van der Waals surface area contributed by atoms with Gasteiger partial charge in [-0.15, -0.1) is 0 Å².